The number of benzene rings is 1. The quantitative estimate of drug-likeness (QED) is 0.625. The second-order valence-electron chi connectivity index (χ2n) is 3.96. The van der Waals surface area contributed by atoms with Crippen LogP contribution in [-0.4, -0.2) is 19.7 Å². The lowest BCUT2D eigenvalue weighted by Crippen LogP contribution is -2.16. The summed E-state index contributed by atoms with van der Waals surface area (Å²) in [6, 6.07) is 6.63. The summed E-state index contributed by atoms with van der Waals surface area (Å²) < 4.78 is 15.2. The van der Waals surface area contributed by atoms with Crippen molar-refractivity contribution >= 4 is 16.9 Å². The number of ether oxygens (including phenoxy) is 2. The third-order valence-corrected chi connectivity index (χ3v) is 2.60. The maximum Gasteiger partial charge on any atom is 0.351 e. The van der Waals surface area contributed by atoms with Gasteiger partial charge in [-0.1, -0.05) is 19.1 Å². The topological polar surface area (TPSA) is 65.7 Å². The maximum absolute atomic E-state index is 11.8. The predicted molar refractivity (Wildman–Crippen MR) is 69.6 cm³/mol. The normalized spacial score (nSPS) is 10.4. The zero-order chi connectivity index (χ0) is 13.8. The van der Waals surface area contributed by atoms with Gasteiger partial charge in [-0.25, -0.2) is 9.59 Å². The maximum atomic E-state index is 11.8. The lowest BCUT2D eigenvalue weighted by atomic mass is 10.2. The van der Waals surface area contributed by atoms with E-state index in [1.807, 2.05) is 6.92 Å². The molecule has 0 aliphatic heterocycles. The van der Waals surface area contributed by atoms with E-state index in [0.29, 0.717) is 23.1 Å². The summed E-state index contributed by atoms with van der Waals surface area (Å²) in [5, 5.41) is 0.613. The number of rotatable bonds is 4. The van der Waals surface area contributed by atoms with Gasteiger partial charge in [0, 0.05) is 5.39 Å². The van der Waals surface area contributed by atoms with Crippen molar-refractivity contribution in [1.29, 1.82) is 0 Å². The van der Waals surface area contributed by atoms with Crippen LogP contribution in [-0.2, 0) is 4.74 Å². The van der Waals surface area contributed by atoms with Crippen molar-refractivity contribution in [2.24, 2.45) is 0 Å². The van der Waals surface area contributed by atoms with Crippen LogP contribution in [0.3, 0.4) is 0 Å². The molecule has 2 rings (SSSR count). The Morgan fingerprint density at radius 2 is 2.16 bits per heavy atom. The molecule has 0 aliphatic rings. The molecule has 5 nitrogen and oxygen atoms in total. The van der Waals surface area contributed by atoms with Crippen LogP contribution in [0.25, 0.3) is 11.0 Å². The first-order valence-corrected chi connectivity index (χ1v) is 5.95. The van der Waals surface area contributed by atoms with E-state index in [9.17, 15) is 9.59 Å². The highest BCUT2D eigenvalue weighted by molar-refractivity contribution is 5.93. The molecule has 1 heterocycles. The van der Waals surface area contributed by atoms with Crippen LogP contribution in [0.5, 0.6) is 5.75 Å². The predicted octanol–water partition coefficient (Wildman–Crippen LogP) is 2.37. The molecule has 0 spiro atoms. The Balaban J connectivity index is 2.51. The molecule has 19 heavy (non-hydrogen) atoms. The second kappa shape index (κ2) is 5.56. The molecule has 5 heteroatoms. The molecule has 0 saturated heterocycles. The molecule has 1 aromatic carbocycles. The number of carbonyl (C=O) groups is 1. The number of carbonyl (C=O) groups excluding carboxylic acids is 1. The minimum absolute atomic E-state index is 0.103. The molecule has 100 valence electrons. The number of para-hydroxylation sites is 1. The molecule has 0 saturated carbocycles. The number of hydrogen-bond acceptors (Lipinski definition) is 5. The molecule has 0 unspecified atom stereocenters. The van der Waals surface area contributed by atoms with Crippen molar-refractivity contribution in [1.82, 2.24) is 0 Å². The first kappa shape index (κ1) is 13.1. The fourth-order valence-corrected chi connectivity index (χ4v) is 1.69. The van der Waals surface area contributed by atoms with Crippen LogP contribution in [0.2, 0.25) is 0 Å². The average Bonchev–Trinajstić information content (AvgIpc) is 2.43. The first-order valence-electron chi connectivity index (χ1n) is 5.95. The molecule has 0 amide bonds. The number of esters is 1. The lowest BCUT2D eigenvalue weighted by Gasteiger charge is -2.05. The van der Waals surface area contributed by atoms with Gasteiger partial charge in [0.15, 0.2) is 11.3 Å². The highest BCUT2D eigenvalue weighted by atomic mass is 16.5. The van der Waals surface area contributed by atoms with Gasteiger partial charge in [0.25, 0.3) is 0 Å². The molecule has 0 atom stereocenters. The number of fused-ring (bicyclic) bond motifs is 1. The van der Waals surface area contributed by atoms with E-state index >= 15 is 0 Å². The Morgan fingerprint density at radius 1 is 1.37 bits per heavy atom. The monoisotopic (exact) mass is 262 g/mol. The smallest absolute Gasteiger partial charge is 0.351 e. The molecule has 0 aliphatic carbocycles. The summed E-state index contributed by atoms with van der Waals surface area (Å²) in [6.45, 7) is 2.15. The van der Waals surface area contributed by atoms with Crippen molar-refractivity contribution in [3.63, 3.8) is 0 Å². The Hall–Kier alpha value is -2.30. The largest absolute Gasteiger partial charge is 0.493 e. The molecule has 2 aromatic rings. The number of hydrogen-bond donors (Lipinski definition) is 0. The molecule has 0 fully saturated rings. The highest BCUT2D eigenvalue weighted by Gasteiger charge is 2.16. The minimum Gasteiger partial charge on any atom is -0.493 e. The van der Waals surface area contributed by atoms with Crippen LogP contribution in [0.15, 0.2) is 33.5 Å². The zero-order valence-corrected chi connectivity index (χ0v) is 10.8. The van der Waals surface area contributed by atoms with Gasteiger partial charge in [-0.3, -0.25) is 0 Å². The van der Waals surface area contributed by atoms with E-state index in [-0.39, 0.29) is 12.2 Å². The second-order valence-corrected chi connectivity index (χ2v) is 3.96. The van der Waals surface area contributed by atoms with Crippen LogP contribution < -0.4 is 10.4 Å². The van der Waals surface area contributed by atoms with Crippen molar-refractivity contribution in [3.05, 3.63) is 40.2 Å². The van der Waals surface area contributed by atoms with Gasteiger partial charge in [0.05, 0.1) is 13.7 Å². The van der Waals surface area contributed by atoms with E-state index in [0.717, 1.165) is 0 Å². The van der Waals surface area contributed by atoms with Gasteiger partial charge >= 0.3 is 11.6 Å². The Kier molecular flexibility index (Phi) is 3.85. The van der Waals surface area contributed by atoms with Crippen molar-refractivity contribution in [3.8, 4) is 5.75 Å². The summed E-state index contributed by atoms with van der Waals surface area (Å²) in [5.41, 5.74) is -0.505. The zero-order valence-electron chi connectivity index (χ0n) is 10.8. The van der Waals surface area contributed by atoms with Crippen LogP contribution in [0.1, 0.15) is 23.7 Å². The molecular weight excluding hydrogens is 248 g/mol. The Morgan fingerprint density at radius 3 is 2.84 bits per heavy atom. The van der Waals surface area contributed by atoms with Crippen LogP contribution in [0.4, 0.5) is 0 Å². The van der Waals surface area contributed by atoms with Gasteiger partial charge < -0.3 is 13.9 Å². The van der Waals surface area contributed by atoms with E-state index < -0.39 is 11.6 Å². The molecule has 0 radical (unpaired) electrons. The summed E-state index contributed by atoms with van der Waals surface area (Å²) in [4.78, 5) is 23.5. The molecule has 0 N–H and O–H groups in total. The van der Waals surface area contributed by atoms with Gasteiger partial charge in [-0.15, -0.1) is 0 Å². The van der Waals surface area contributed by atoms with Gasteiger partial charge in [0.2, 0.25) is 0 Å². The fourth-order valence-electron chi connectivity index (χ4n) is 1.69. The van der Waals surface area contributed by atoms with Gasteiger partial charge in [-0.05, 0) is 18.6 Å². The van der Waals surface area contributed by atoms with E-state index in [2.05, 4.69) is 0 Å². The van der Waals surface area contributed by atoms with Gasteiger partial charge in [-0.2, -0.15) is 0 Å². The summed E-state index contributed by atoms with van der Waals surface area (Å²) in [6.07, 6.45) is 0.693. The van der Waals surface area contributed by atoms with Gasteiger partial charge in [0.1, 0.15) is 5.56 Å². The molecular formula is C14H14O5. The Bertz CT molecular complexity index is 656. The standard InChI is InChI=1S/C14H14O5/c1-3-7-18-13(15)10-8-9-5-4-6-11(17-2)12(9)19-14(10)16/h4-6,8H,3,7H2,1-2H3. The van der Waals surface area contributed by atoms with E-state index in [1.165, 1.54) is 13.2 Å². The Labute approximate surface area is 109 Å². The van der Waals surface area contributed by atoms with Crippen LogP contribution in [0, 0.1) is 0 Å². The summed E-state index contributed by atoms with van der Waals surface area (Å²) in [5.74, 6) is -0.219. The van der Waals surface area contributed by atoms with Crippen LogP contribution >= 0.6 is 0 Å². The summed E-state index contributed by atoms with van der Waals surface area (Å²) >= 11 is 0. The van der Waals surface area contributed by atoms with Crippen molar-refractivity contribution in [2.45, 2.75) is 13.3 Å². The summed E-state index contributed by atoms with van der Waals surface area (Å²) in [7, 11) is 1.48. The average molecular weight is 262 g/mol. The SMILES string of the molecule is CCCOC(=O)c1cc2cccc(OC)c2oc1=O. The van der Waals surface area contributed by atoms with Crippen molar-refractivity contribution in [2.75, 3.05) is 13.7 Å². The number of methoxy groups -OCH3 is 1. The third-order valence-electron chi connectivity index (χ3n) is 2.60. The highest BCUT2D eigenvalue weighted by Crippen LogP contribution is 2.24. The first-order chi connectivity index (χ1) is 9.17. The van der Waals surface area contributed by atoms with E-state index in [1.54, 1.807) is 18.2 Å². The van der Waals surface area contributed by atoms with E-state index in [4.69, 9.17) is 13.9 Å². The molecule has 1 aromatic heterocycles. The minimum atomic E-state index is -0.724. The third kappa shape index (κ3) is 2.59. The molecule has 0 bridgehead atoms. The van der Waals surface area contributed by atoms with Crippen molar-refractivity contribution < 1.29 is 18.7 Å². The lowest BCUT2D eigenvalue weighted by molar-refractivity contribution is 0.0500. The fraction of sp³-hybridized carbons (Fsp3) is 0.286.